The Morgan fingerprint density at radius 2 is 1.91 bits per heavy atom. The summed E-state index contributed by atoms with van der Waals surface area (Å²) in [6.07, 6.45) is 1.69. The molecule has 0 spiro atoms. The van der Waals surface area contributed by atoms with Crippen LogP contribution in [0.15, 0.2) is 60.3 Å². The zero-order valence-corrected chi connectivity index (χ0v) is 20.6. The van der Waals surface area contributed by atoms with Gasteiger partial charge in [-0.2, -0.15) is 0 Å². The molecule has 0 aliphatic carbocycles. The van der Waals surface area contributed by atoms with E-state index in [0.29, 0.717) is 38.8 Å². The van der Waals surface area contributed by atoms with Gasteiger partial charge in [-0.25, -0.2) is 0 Å². The van der Waals surface area contributed by atoms with Crippen LogP contribution in [0.25, 0.3) is 0 Å². The number of hydrogen-bond donors (Lipinski definition) is 2. The summed E-state index contributed by atoms with van der Waals surface area (Å²) in [5, 5.41) is 15.7. The normalized spacial score (nSPS) is 11.6. The van der Waals surface area contributed by atoms with Gasteiger partial charge in [-0.15, -0.1) is 16.8 Å². The van der Waals surface area contributed by atoms with E-state index in [2.05, 4.69) is 27.4 Å². The summed E-state index contributed by atoms with van der Waals surface area (Å²) in [5.41, 5.74) is 0.837. The molecule has 172 valence electrons. The third-order valence-corrected chi connectivity index (χ3v) is 6.29. The molecule has 1 heterocycles. The maximum Gasteiger partial charge on any atom is 0.253 e. The van der Waals surface area contributed by atoms with Gasteiger partial charge in [-0.3, -0.25) is 9.59 Å². The molecular weight excluding hydrogens is 505 g/mol. The number of thioether (sulfide) groups is 1. The predicted octanol–water partition coefficient (Wildman–Crippen LogP) is 5.65. The average molecular weight is 525 g/mol. The quantitative estimate of drug-likeness (QED) is 0.279. The number of nitrogens with zero attached hydrogens (tertiary/aromatic N) is 3. The first-order valence-electron chi connectivity index (χ1n) is 9.77. The van der Waals surface area contributed by atoms with E-state index < -0.39 is 6.04 Å². The van der Waals surface area contributed by atoms with Gasteiger partial charge in [0.05, 0.1) is 33.1 Å². The van der Waals surface area contributed by atoms with E-state index in [1.807, 2.05) is 0 Å². The molecule has 3 aromatic rings. The molecule has 0 fully saturated rings. The number of anilines is 1. The third-order valence-electron chi connectivity index (χ3n) is 4.45. The molecule has 2 aromatic carbocycles. The molecule has 0 aliphatic rings. The van der Waals surface area contributed by atoms with Crippen LogP contribution >= 0.6 is 46.6 Å². The van der Waals surface area contributed by atoms with Crippen LogP contribution in [0.4, 0.5) is 5.69 Å². The molecule has 0 aliphatic heterocycles. The molecule has 3 rings (SSSR count). The summed E-state index contributed by atoms with van der Waals surface area (Å²) >= 11 is 19.3. The van der Waals surface area contributed by atoms with Gasteiger partial charge < -0.3 is 15.2 Å². The fraction of sp³-hybridized carbons (Fsp3) is 0.182. The number of amides is 2. The Labute approximate surface area is 210 Å². The maximum absolute atomic E-state index is 12.7. The second-order valence-electron chi connectivity index (χ2n) is 6.88. The number of benzene rings is 2. The summed E-state index contributed by atoms with van der Waals surface area (Å²) in [4.78, 5) is 25.0. The summed E-state index contributed by atoms with van der Waals surface area (Å²) in [6.45, 7) is 5.95. The molecule has 33 heavy (non-hydrogen) atoms. The lowest BCUT2D eigenvalue weighted by atomic mass is 10.2. The fourth-order valence-electron chi connectivity index (χ4n) is 2.92. The van der Waals surface area contributed by atoms with Crippen LogP contribution in [0.1, 0.15) is 29.1 Å². The number of halogens is 3. The summed E-state index contributed by atoms with van der Waals surface area (Å²) in [6, 6.07) is 11.2. The van der Waals surface area contributed by atoms with Crippen molar-refractivity contribution in [2.24, 2.45) is 0 Å². The van der Waals surface area contributed by atoms with E-state index in [4.69, 9.17) is 34.8 Å². The summed E-state index contributed by atoms with van der Waals surface area (Å²) < 4.78 is 1.79. The van der Waals surface area contributed by atoms with Crippen molar-refractivity contribution in [3.63, 3.8) is 0 Å². The molecule has 2 amide bonds. The van der Waals surface area contributed by atoms with Crippen molar-refractivity contribution in [3.05, 3.63) is 81.6 Å². The van der Waals surface area contributed by atoms with Crippen LogP contribution in [0.2, 0.25) is 15.1 Å². The lowest BCUT2D eigenvalue weighted by Gasteiger charge is -2.16. The Kier molecular flexibility index (Phi) is 8.80. The largest absolute Gasteiger partial charge is 0.342 e. The number of aromatic nitrogens is 3. The Morgan fingerprint density at radius 3 is 2.61 bits per heavy atom. The number of allylic oxidation sites excluding steroid dienone is 1. The lowest BCUT2D eigenvalue weighted by Crippen LogP contribution is -2.29. The highest BCUT2D eigenvalue weighted by Gasteiger charge is 2.21. The number of carbonyl (C=O) groups excluding carboxylic acids is 2. The monoisotopic (exact) mass is 523 g/mol. The number of nitrogens with one attached hydrogen (secondary N) is 2. The third kappa shape index (κ3) is 6.51. The van der Waals surface area contributed by atoms with E-state index in [1.54, 1.807) is 54.0 Å². The van der Waals surface area contributed by atoms with E-state index in [-0.39, 0.29) is 22.6 Å². The van der Waals surface area contributed by atoms with Gasteiger partial charge in [0.25, 0.3) is 5.91 Å². The van der Waals surface area contributed by atoms with Crippen molar-refractivity contribution in [2.75, 3.05) is 11.1 Å². The molecule has 0 unspecified atom stereocenters. The second-order valence-corrected chi connectivity index (χ2v) is 9.07. The highest BCUT2D eigenvalue weighted by atomic mass is 35.5. The van der Waals surface area contributed by atoms with Crippen LogP contribution in [-0.2, 0) is 11.3 Å². The van der Waals surface area contributed by atoms with Crippen LogP contribution in [0, 0.1) is 0 Å². The van der Waals surface area contributed by atoms with Gasteiger partial charge in [0.2, 0.25) is 5.91 Å². The Morgan fingerprint density at radius 1 is 1.15 bits per heavy atom. The number of carbonyl (C=O) groups is 2. The second kappa shape index (κ2) is 11.6. The van der Waals surface area contributed by atoms with Gasteiger partial charge in [0, 0.05) is 11.6 Å². The van der Waals surface area contributed by atoms with Crippen molar-refractivity contribution in [1.29, 1.82) is 0 Å². The standard InChI is InChI=1S/C22H20Cl3N5O2S/c1-3-10-30-20(13(2)26-21(32)15-9-8-14(23)11-17(15)25)28-29-22(30)33-12-19(31)27-18-7-5-4-6-16(18)24/h3-9,11,13H,1,10,12H2,2H3,(H,26,32)(H,27,31)/t13-/m0/s1. The molecule has 1 aromatic heterocycles. The highest BCUT2D eigenvalue weighted by molar-refractivity contribution is 7.99. The van der Waals surface area contributed by atoms with Crippen molar-refractivity contribution < 1.29 is 9.59 Å². The predicted molar refractivity (Wildman–Crippen MR) is 133 cm³/mol. The molecule has 2 N–H and O–H groups in total. The van der Waals surface area contributed by atoms with Crippen molar-refractivity contribution in [2.45, 2.75) is 24.7 Å². The minimum atomic E-state index is -0.483. The van der Waals surface area contributed by atoms with Crippen molar-refractivity contribution >= 4 is 64.1 Å². The van der Waals surface area contributed by atoms with Crippen LogP contribution in [0.3, 0.4) is 0 Å². The SMILES string of the molecule is C=CCn1c(SCC(=O)Nc2ccccc2Cl)nnc1[C@H](C)NC(=O)c1ccc(Cl)cc1Cl. The first-order chi connectivity index (χ1) is 15.8. The number of hydrogen-bond acceptors (Lipinski definition) is 5. The molecule has 0 bridgehead atoms. The fourth-order valence-corrected chi connectivity index (χ4v) is 4.35. The number of rotatable bonds is 9. The van der Waals surface area contributed by atoms with Gasteiger partial charge >= 0.3 is 0 Å². The Bertz CT molecular complexity index is 1180. The van der Waals surface area contributed by atoms with E-state index in [0.717, 1.165) is 0 Å². The molecule has 7 nitrogen and oxygen atoms in total. The molecule has 0 saturated carbocycles. The van der Waals surface area contributed by atoms with E-state index in [1.165, 1.54) is 17.8 Å². The molecule has 0 saturated heterocycles. The first-order valence-corrected chi connectivity index (χ1v) is 11.9. The van der Waals surface area contributed by atoms with Gasteiger partial charge in [-0.1, -0.05) is 64.8 Å². The van der Waals surface area contributed by atoms with Gasteiger partial charge in [-0.05, 0) is 37.3 Å². The zero-order chi connectivity index (χ0) is 24.0. The smallest absolute Gasteiger partial charge is 0.253 e. The zero-order valence-electron chi connectivity index (χ0n) is 17.5. The summed E-state index contributed by atoms with van der Waals surface area (Å²) in [7, 11) is 0. The van der Waals surface area contributed by atoms with Crippen molar-refractivity contribution in [1.82, 2.24) is 20.1 Å². The van der Waals surface area contributed by atoms with E-state index >= 15 is 0 Å². The van der Waals surface area contributed by atoms with Crippen molar-refractivity contribution in [3.8, 4) is 0 Å². The minimum absolute atomic E-state index is 0.0988. The highest BCUT2D eigenvalue weighted by Crippen LogP contribution is 2.25. The van der Waals surface area contributed by atoms with Gasteiger partial charge in [0.15, 0.2) is 11.0 Å². The summed E-state index contributed by atoms with van der Waals surface area (Å²) in [5.74, 6) is 0.0104. The van der Waals surface area contributed by atoms with Crippen LogP contribution in [0.5, 0.6) is 0 Å². The molecule has 11 heteroatoms. The first kappa shape index (κ1) is 25.1. The van der Waals surface area contributed by atoms with Crippen LogP contribution in [-0.4, -0.2) is 32.3 Å². The van der Waals surface area contributed by atoms with Crippen LogP contribution < -0.4 is 10.6 Å². The lowest BCUT2D eigenvalue weighted by molar-refractivity contribution is -0.113. The maximum atomic E-state index is 12.7. The molecule has 0 radical (unpaired) electrons. The Balaban J connectivity index is 1.69. The minimum Gasteiger partial charge on any atom is -0.342 e. The molecule has 1 atom stereocenters. The van der Waals surface area contributed by atoms with Gasteiger partial charge in [0.1, 0.15) is 0 Å². The Hall–Kier alpha value is -2.52. The molecular formula is C22H20Cl3N5O2S. The topological polar surface area (TPSA) is 88.9 Å². The number of para-hydroxylation sites is 1. The average Bonchev–Trinajstić information content (AvgIpc) is 3.17. The van der Waals surface area contributed by atoms with E-state index in [9.17, 15) is 9.59 Å².